The van der Waals surface area contributed by atoms with Crippen LogP contribution in [0.3, 0.4) is 0 Å². The van der Waals surface area contributed by atoms with Gasteiger partial charge < -0.3 is 24.8 Å². The van der Waals surface area contributed by atoms with Crippen molar-refractivity contribution < 1.29 is 19.0 Å². The van der Waals surface area contributed by atoms with Gasteiger partial charge in [0.1, 0.15) is 6.61 Å². The Labute approximate surface area is 212 Å². The Morgan fingerprint density at radius 3 is 2.51 bits per heavy atom. The summed E-state index contributed by atoms with van der Waals surface area (Å²) in [5, 5.41) is 6.52. The second kappa shape index (κ2) is 13.1. The zero-order valence-corrected chi connectivity index (χ0v) is 22.0. The molecule has 35 heavy (non-hydrogen) atoms. The predicted molar refractivity (Wildman–Crippen MR) is 139 cm³/mol. The zero-order valence-electron chi connectivity index (χ0n) is 21.3. The molecule has 1 amide bonds. The van der Waals surface area contributed by atoms with Gasteiger partial charge in [-0.2, -0.15) is 0 Å². The predicted octanol–water partition coefficient (Wildman–Crippen LogP) is 3.75. The van der Waals surface area contributed by atoms with Crippen LogP contribution >= 0.6 is 11.6 Å². The molecule has 0 aliphatic carbocycles. The van der Waals surface area contributed by atoms with E-state index < -0.39 is 0 Å². The van der Waals surface area contributed by atoms with Gasteiger partial charge in [0.2, 0.25) is 5.91 Å². The molecule has 0 saturated carbocycles. The number of morpholine rings is 1. The fourth-order valence-electron chi connectivity index (χ4n) is 3.77. The quantitative estimate of drug-likeness (QED) is 0.419. The van der Waals surface area contributed by atoms with E-state index >= 15 is 0 Å². The largest absolute Gasteiger partial charge is 0.493 e. The molecule has 1 aromatic carbocycles. The number of fused-ring (bicyclic) bond motifs is 1. The first-order valence-electron chi connectivity index (χ1n) is 12.2. The molecule has 1 fully saturated rings. The van der Waals surface area contributed by atoms with Crippen molar-refractivity contribution in [2.24, 2.45) is 5.41 Å². The van der Waals surface area contributed by atoms with Crippen molar-refractivity contribution in [2.75, 3.05) is 65.0 Å². The number of anilines is 1. The molecule has 1 aliphatic heterocycles. The summed E-state index contributed by atoms with van der Waals surface area (Å²) in [6.45, 7) is 12.2. The molecule has 2 N–H and O–H groups in total. The number of nitrogens with zero attached hydrogens (tertiary/aromatic N) is 3. The highest BCUT2D eigenvalue weighted by molar-refractivity contribution is 6.32. The molecule has 10 heteroatoms. The fourth-order valence-corrected chi connectivity index (χ4v) is 3.97. The van der Waals surface area contributed by atoms with Crippen LogP contribution in [0.15, 0.2) is 12.1 Å². The molecule has 2 aromatic rings. The minimum atomic E-state index is -0.00434. The second-order valence-corrected chi connectivity index (χ2v) is 10.2. The van der Waals surface area contributed by atoms with E-state index in [1.807, 2.05) is 12.1 Å². The van der Waals surface area contributed by atoms with Gasteiger partial charge in [-0.3, -0.25) is 9.69 Å². The maximum absolute atomic E-state index is 11.9. The minimum Gasteiger partial charge on any atom is -0.493 e. The highest BCUT2D eigenvalue weighted by Crippen LogP contribution is 2.33. The van der Waals surface area contributed by atoms with Crippen LogP contribution in [0.25, 0.3) is 11.0 Å². The van der Waals surface area contributed by atoms with Crippen molar-refractivity contribution in [1.29, 1.82) is 0 Å². The number of halogens is 1. The van der Waals surface area contributed by atoms with Crippen LogP contribution in [-0.2, 0) is 9.53 Å². The highest BCUT2D eigenvalue weighted by atomic mass is 35.5. The van der Waals surface area contributed by atoms with Crippen LogP contribution in [0.4, 0.5) is 5.82 Å². The zero-order chi connectivity index (χ0) is 25.3. The molecule has 0 spiro atoms. The lowest BCUT2D eigenvalue weighted by Gasteiger charge is -2.26. The van der Waals surface area contributed by atoms with Gasteiger partial charge in [-0.15, -0.1) is 0 Å². The molecular formula is C25H38ClN5O4. The number of methoxy groups -OCH3 is 1. The molecule has 1 aliphatic rings. The van der Waals surface area contributed by atoms with Crippen LogP contribution in [0, 0.1) is 5.41 Å². The summed E-state index contributed by atoms with van der Waals surface area (Å²) >= 11 is 6.39. The molecule has 9 nitrogen and oxygen atoms in total. The summed E-state index contributed by atoms with van der Waals surface area (Å²) in [6, 6.07) is 3.63. The second-order valence-electron chi connectivity index (χ2n) is 9.88. The summed E-state index contributed by atoms with van der Waals surface area (Å²) in [6.07, 6.45) is 2.25. The lowest BCUT2D eigenvalue weighted by molar-refractivity contribution is -0.122. The standard InChI is InChI=1S/C25H38ClN5O4/c1-25(2,3)17-22(32)27-7-5-6-8-28-24-23(26)29-18-16-21(20(33-4)15-19(18)30-24)35-14-11-31-9-12-34-13-10-31/h15-16H,5-14,17H2,1-4H3,(H,27,32)(H,28,30). The summed E-state index contributed by atoms with van der Waals surface area (Å²) in [5.41, 5.74) is 1.31. The Bertz CT molecular complexity index is 976. The SMILES string of the molecule is COc1cc2nc(NCCCCNC(=O)CC(C)(C)C)c(Cl)nc2cc1OCCN1CCOCC1. The number of amides is 1. The monoisotopic (exact) mass is 507 g/mol. The first kappa shape index (κ1) is 27.2. The van der Waals surface area contributed by atoms with E-state index in [-0.39, 0.29) is 11.3 Å². The maximum atomic E-state index is 11.9. The Morgan fingerprint density at radius 1 is 1.11 bits per heavy atom. The van der Waals surface area contributed by atoms with Gasteiger partial charge in [0.15, 0.2) is 22.5 Å². The maximum Gasteiger partial charge on any atom is 0.220 e. The molecule has 194 valence electrons. The smallest absolute Gasteiger partial charge is 0.220 e. The Balaban J connectivity index is 1.50. The Morgan fingerprint density at radius 2 is 1.80 bits per heavy atom. The molecule has 3 rings (SSSR count). The number of hydrogen-bond acceptors (Lipinski definition) is 8. The summed E-state index contributed by atoms with van der Waals surface area (Å²) < 4.78 is 16.9. The molecular weight excluding hydrogens is 470 g/mol. The van der Waals surface area contributed by atoms with Crippen molar-refractivity contribution in [3.8, 4) is 11.5 Å². The molecule has 0 bridgehead atoms. The Kier molecular flexibility index (Phi) is 10.2. The van der Waals surface area contributed by atoms with Crippen LogP contribution in [0.1, 0.15) is 40.0 Å². The number of rotatable bonds is 12. The number of carbonyl (C=O) groups is 1. The molecule has 1 saturated heterocycles. The summed E-state index contributed by atoms with van der Waals surface area (Å²) in [5.74, 6) is 1.84. The third-order valence-corrected chi connectivity index (χ3v) is 5.85. The van der Waals surface area contributed by atoms with Gasteiger partial charge in [-0.1, -0.05) is 32.4 Å². The van der Waals surface area contributed by atoms with E-state index in [2.05, 4.69) is 46.3 Å². The fraction of sp³-hybridized carbons (Fsp3) is 0.640. The van der Waals surface area contributed by atoms with Gasteiger partial charge >= 0.3 is 0 Å². The molecule has 0 atom stereocenters. The van der Waals surface area contributed by atoms with Crippen molar-refractivity contribution in [1.82, 2.24) is 20.2 Å². The van der Waals surface area contributed by atoms with Gasteiger partial charge in [0.05, 0.1) is 31.4 Å². The van der Waals surface area contributed by atoms with E-state index in [1.54, 1.807) is 7.11 Å². The van der Waals surface area contributed by atoms with Gasteiger partial charge in [-0.05, 0) is 18.3 Å². The first-order valence-corrected chi connectivity index (χ1v) is 12.6. The van der Waals surface area contributed by atoms with Crippen molar-refractivity contribution in [3.05, 3.63) is 17.3 Å². The van der Waals surface area contributed by atoms with Crippen LogP contribution < -0.4 is 20.1 Å². The number of aromatic nitrogens is 2. The van der Waals surface area contributed by atoms with Crippen molar-refractivity contribution in [2.45, 2.75) is 40.0 Å². The van der Waals surface area contributed by atoms with Gasteiger partial charge in [-0.25, -0.2) is 9.97 Å². The number of benzene rings is 1. The number of carbonyl (C=O) groups excluding carboxylic acids is 1. The lowest BCUT2D eigenvalue weighted by Crippen LogP contribution is -2.38. The summed E-state index contributed by atoms with van der Waals surface area (Å²) in [7, 11) is 1.61. The third-order valence-electron chi connectivity index (χ3n) is 5.58. The number of unbranched alkanes of at least 4 members (excludes halogenated alkanes) is 1. The van der Waals surface area contributed by atoms with E-state index in [0.29, 0.717) is 59.6 Å². The van der Waals surface area contributed by atoms with Crippen LogP contribution in [-0.4, -0.2) is 80.4 Å². The minimum absolute atomic E-state index is 0.00434. The number of nitrogens with one attached hydrogen (secondary N) is 2. The Hall–Kier alpha value is -2.36. The first-order chi connectivity index (χ1) is 16.7. The average Bonchev–Trinajstić information content (AvgIpc) is 2.80. The third kappa shape index (κ3) is 8.98. The normalized spacial score (nSPS) is 14.7. The number of hydrogen-bond donors (Lipinski definition) is 2. The van der Waals surface area contributed by atoms with Crippen molar-refractivity contribution >= 4 is 34.4 Å². The number of ether oxygens (including phenoxy) is 3. The van der Waals surface area contributed by atoms with E-state index in [9.17, 15) is 4.79 Å². The van der Waals surface area contributed by atoms with E-state index in [0.717, 1.165) is 45.7 Å². The topological polar surface area (TPSA) is 97.8 Å². The van der Waals surface area contributed by atoms with Gasteiger partial charge in [0.25, 0.3) is 0 Å². The average molecular weight is 508 g/mol. The van der Waals surface area contributed by atoms with E-state index in [1.165, 1.54) is 0 Å². The molecule has 1 aromatic heterocycles. The van der Waals surface area contributed by atoms with Crippen LogP contribution in [0.5, 0.6) is 11.5 Å². The van der Waals surface area contributed by atoms with E-state index in [4.69, 9.17) is 25.8 Å². The highest BCUT2D eigenvalue weighted by Gasteiger charge is 2.16. The lowest BCUT2D eigenvalue weighted by atomic mass is 9.92. The molecule has 0 unspecified atom stereocenters. The van der Waals surface area contributed by atoms with Gasteiger partial charge in [0, 0.05) is 51.3 Å². The molecule has 0 radical (unpaired) electrons. The van der Waals surface area contributed by atoms with Crippen molar-refractivity contribution in [3.63, 3.8) is 0 Å². The van der Waals surface area contributed by atoms with Crippen LogP contribution in [0.2, 0.25) is 5.15 Å². The summed E-state index contributed by atoms with van der Waals surface area (Å²) in [4.78, 5) is 23.3. The molecule has 2 heterocycles.